The van der Waals surface area contributed by atoms with Gasteiger partial charge in [0.1, 0.15) is 11.9 Å². The van der Waals surface area contributed by atoms with Crippen LogP contribution >= 0.6 is 0 Å². The van der Waals surface area contributed by atoms with Crippen molar-refractivity contribution in [3.05, 3.63) is 34.9 Å². The van der Waals surface area contributed by atoms with Crippen molar-refractivity contribution >= 4 is 6.08 Å². The van der Waals surface area contributed by atoms with Gasteiger partial charge in [0, 0.05) is 5.56 Å². The predicted molar refractivity (Wildman–Crippen MR) is 107 cm³/mol. The van der Waals surface area contributed by atoms with Crippen LogP contribution in [0.3, 0.4) is 0 Å². The number of phenolic OH excluding ortho intramolecular Hbond substituents is 1. The normalized spacial score (nSPS) is 16.6. The van der Waals surface area contributed by atoms with E-state index in [9.17, 15) is 5.11 Å². The molecule has 0 aliphatic carbocycles. The smallest absolute Gasteiger partial charge is 0.122 e. The van der Waals surface area contributed by atoms with Crippen molar-refractivity contribution in [3.63, 3.8) is 0 Å². The fourth-order valence-corrected chi connectivity index (χ4v) is 3.61. The summed E-state index contributed by atoms with van der Waals surface area (Å²) >= 11 is 0. The Kier molecular flexibility index (Phi) is 9.10. The van der Waals surface area contributed by atoms with E-state index in [1.165, 1.54) is 75.3 Å². The molecule has 0 amide bonds. The van der Waals surface area contributed by atoms with Gasteiger partial charge in [-0.1, -0.05) is 82.9 Å². The summed E-state index contributed by atoms with van der Waals surface area (Å²) in [6.07, 6.45) is 19.0. The molecular formula is C23H36O2. The largest absolute Gasteiger partial charge is 0.508 e. The highest BCUT2D eigenvalue weighted by Gasteiger charge is 2.30. The van der Waals surface area contributed by atoms with E-state index >= 15 is 0 Å². The van der Waals surface area contributed by atoms with E-state index in [2.05, 4.69) is 25.1 Å². The summed E-state index contributed by atoms with van der Waals surface area (Å²) < 4.78 is 5.43. The molecule has 0 saturated carbocycles. The number of benzene rings is 1. The standard InChI is InChI=1S/C23H36O2/c1-3-5-6-7-8-9-10-11-12-13-15-19-16-17-21(24)23(22-18-25-22)20(19)14-4-2/h4,14,16-17,22,24H,3,5-13,15,18H2,1-2H3. The number of hydrogen-bond acceptors (Lipinski definition) is 2. The third-order valence-electron chi connectivity index (χ3n) is 5.14. The zero-order valence-corrected chi connectivity index (χ0v) is 16.2. The van der Waals surface area contributed by atoms with Crippen molar-refractivity contribution < 1.29 is 9.84 Å². The van der Waals surface area contributed by atoms with Gasteiger partial charge in [0.05, 0.1) is 6.61 Å². The molecule has 1 N–H and O–H groups in total. The zero-order chi connectivity index (χ0) is 17.9. The number of unbranched alkanes of at least 4 members (excludes halogenated alkanes) is 9. The Morgan fingerprint density at radius 3 is 2.16 bits per heavy atom. The maximum absolute atomic E-state index is 10.2. The van der Waals surface area contributed by atoms with Crippen LogP contribution in [0.2, 0.25) is 0 Å². The molecule has 0 bridgehead atoms. The third kappa shape index (κ3) is 6.86. The molecule has 1 saturated heterocycles. The molecular weight excluding hydrogens is 308 g/mol. The minimum atomic E-state index is 0.0962. The number of aromatic hydroxyl groups is 1. The minimum Gasteiger partial charge on any atom is -0.508 e. The van der Waals surface area contributed by atoms with Gasteiger partial charge in [0.15, 0.2) is 0 Å². The SMILES string of the molecule is CC=Cc1c(CCCCCCCCCCCC)ccc(O)c1C1CO1. The molecule has 2 rings (SSSR count). The van der Waals surface area contributed by atoms with Crippen molar-refractivity contribution in [1.29, 1.82) is 0 Å². The lowest BCUT2D eigenvalue weighted by atomic mass is 9.93. The van der Waals surface area contributed by atoms with Crippen LogP contribution in [0.15, 0.2) is 18.2 Å². The van der Waals surface area contributed by atoms with Gasteiger partial charge < -0.3 is 9.84 Å². The number of allylic oxidation sites excluding steroid dienone is 1. The molecule has 0 radical (unpaired) electrons. The van der Waals surface area contributed by atoms with Crippen LogP contribution in [0.25, 0.3) is 6.08 Å². The molecule has 1 aliphatic rings. The molecule has 1 fully saturated rings. The van der Waals surface area contributed by atoms with Gasteiger partial charge in [-0.3, -0.25) is 0 Å². The van der Waals surface area contributed by atoms with Gasteiger partial charge in [-0.25, -0.2) is 0 Å². The summed E-state index contributed by atoms with van der Waals surface area (Å²) in [5.74, 6) is 0.377. The highest BCUT2D eigenvalue weighted by Crippen LogP contribution is 2.40. The first kappa shape index (κ1) is 20.0. The van der Waals surface area contributed by atoms with Crippen LogP contribution in [-0.2, 0) is 11.2 Å². The number of aryl methyl sites for hydroxylation is 1. The number of epoxide rings is 1. The second-order valence-electron chi connectivity index (χ2n) is 7.33. The van der Waals surface area contributed by atoms with E-state index in [-0.39, 0.29) is 6.10 Å². The highest BCUT2D eigenvalue weighted by molar-refractivity contribution is 5.63. The summed E-state index contributed by atoms with van der Waals surface area (Å²) in [6, 6.07) is 3.93. The van der Waals surface area contributed by atoms with E-state index < -0.39 is 0 Å². The zero-order valence-electron chi connectivity index (χ0n) is 16.2. The summed E-state index contributed by atoms with van der Waals surface area (Å²) in [7, 11) is 0. The van der Waals surface area contributed by atoms with E-state index in [4.69, 9.17) is 4.74 Å². The van der Waals surface area contributed by atoms with Crippen molar-refractivity contribution in [1.82, 2.24) is 0 Å². The molecule has 25 heavy (non-hydrogen) atoms. The van der Waals surface area contributed by atoms with E-state index in [1.54, 1.807) is 0 Å². The fourth-order valence-electron chi connectivity index (χ4n) is 3.61. The lowest BCUT2D eigenvalue weighted by molar-refractivity contribution is 0.400. The van der Waals surface area contributed by atoms with Gasteiger partial charge in [-0.05, 0) is 37.0 Å². The van der Waals surface area contributed by atoms with Gasteiger partial charge in [0.25, 0.3) is 0 Å². The molecule has 1 heterocycles. The molecule has 1 unspecified atom stereocenters. The maximum Gasteiger partial charge on any atom is 0.122 e. The summed E-state index contributed by atoms with van der Waals surface area (Å²) in [5, 5.41) is 10.2. The van der Waals surface area contributed by atoms with Gasteiger partial charge in [-0.15, -0.1) is 0 Å². The molecule has 1 aromatic rings. The second-order valence-corrected chi connectivity index (χ2v) is 7.33. The molecule has 2 heteroatoms. The number of rotatable bonds is 13. The van der Waals surface area contributed by atoms with E-state index in [0.717, 1.165) is 18.6 Å². The fraction of sp³-hybridized carbons (Fsp3) is 0.652. The van der Waals surface area contributed by atoms with Crippen molar-refractivity contribution in [2.45, 2.75) is 90.6 Å². The minimum absolute atomic E-state index is 0.0962. The Bertz CT molecular complexity index is 529. The molecule has 1 atom stereocenters. The monoisotopic (exact) mass is 344 g/mol. The number of phenols is 1. The Hall–Kier alpha value is -1.28. The van der Waals surface area contributed by atoms with Gasteiger partial charge >= 0.3 is 0 Å². The molecule has 0 aromatic heterocycles. The predicted octanol–water partition coefficient (Wildman–Crippen LogP) is 6.96. The van der Waals surface area contributed by atoms with E-state index in [0.29, 0.717) is 5.75 Å². The van der Waals surface area contributed by atoms with Crippen molar-refractivity contribution in [2.75, 3.05) is 6.61 Å². The van der Waals surface area contributed by atoms with Crippen molar-refractivity contribution in [2.24, 2.45) is 0 Å². The summed E-state index contributed by atoms with van der Waals surface area (Å²) in [5.41, 5.74) is 3.52. The Morgan fingerprint density at radius 2 is 1.60 bits per heavy atom. The van der Waals surface area contributed by atoms with Gasteiger partial charge in [-0.2, -0.15) is 0 Å². The molecule has 1 aromatic carbocycles. The lowest BCUT2D eigenvalue weighted by Crippen LogP contribution is -1.97. The van der Waals surface area contributed by atoms with Crippen LogP contribution in [0.5, 0.6) is 5.75 Å². The summed E-state index contributed by atoms with van der Waals surface area (Å²) in [4.78, 5) is 0. The maximum atomic E-state index is 10.2. The van der Waals surface area contributed by atoms with Crippen molar-refractivity contribution in [3.8, 4) is 5.75 Å². The summed E-state index contributed by atoms with van der Waals surface area (Å²) in [6.45, 7) is 5.04. The van der Waals surface area contributed by atoms with Crippen LogP contribution in [0, 0.1) is 0 Å². The van der Waals surface area contributed by atoms with Crippen LogP contribution in [0.4, 0.5) is 0 Å². The first-order chi connectivity index (χ1) is 12.3. The van der Waals surface area contributed by atoms with Crippen LogP contribution < -0.4 is 0 Å². The Balaban J connectivity index is 1.71. The second kappa shape index (κ2) is 11.4. The first-order valence-electron chi connectivity index (χ1n) is 10.4. The quantitative estimate of drug-likeness (QED) is 0.310. The average molecular weight is 345 g/mol. The molecule has 1 aliphatic heterocycles. The third-order valence-corrected chi connectivity index (χ3v) is 5.14. The van der Waals surface area contributed by atoms with Crippen LogP contribution in [-0.4, -0.2) is 11.7 Å². The highest BCUT2D eigenvalue weighted by atomic mass is 16.6. The van der Waals surface area contributed by atoms with E-state index in [1.807, 2.05) is 13.0 Å². The Morgan fingerprint density at radius 1 is 1.00 bits per heavy atom. The van der Waals surface area contributed by atoms with Gasteiger partial charge in [0.2, 0.25) is 0 Å². The van der Waals surface area contributed by atoms with Crippen LogP contribution in [0.1, 0.15) is 101 Å². The number of ether oxygens (including phenoxy) is 1. The lowest BCUT2D eigenvalue weighted by Gasteiger charge is -2.12. The average Bonchev–Trinajstić information content (AvgIpc) is 3.43. The topological polar surface area (TPSA) is 32.8 Å². The first-order valence-corrected chi connectivity index (χ1v) is 10.4. The molecule has 0 spiro atoms. The molecule has 140 valence electrons. The number of hydrogen-bond donors (Lipinski definition) is 1. The Labute approximate surface area is 154 Å². The molecule has 2 nitrogen and oxygen atoms in total.